The van der Waals surface area contributed by atoms with E-state index in [1.54, 1.807) is 13.0 Å². The summed E-state index contributed by atoms with van der Waals surface area (Å²) in [5.41, 5.74) is 1.01. The monoisotopic (exact) mass is 503 g/mol. The van der Waals surface area contributed by atoms with Crippen molar-refractivity contribution in [3.05, 3.63) is 45.5 Å². The number of ether oxygens (including phenoxy) is 1. The van der Waals surface area contributed by atoms with Crippen LogP contribution in [0.3, 0.4) is 0 Å². The van der Waals surface area contributed by atoms with E-state index in [4.69, 9.17) is 4.74 Å². The van der Waals surface area contributed by atoms with Crippen LogP contribution in [-0.4, -0.2) is 51.0 Å². The Morgan fingerprint density at radius 2 is 1.80 bits per heavy atom. The zero-order valence-electron chi connectivity index (χ0n) is 21.6. The number of aryl methyl sites for hydroxylation is 1. The van der Waals surface area contributed by atoms with Gasteiger partial charge in [0, 0.05) is 23.6 Å². The molecule has 1 aromatic rings. The lowest BCUT2D eigenvalue weighted by Crippen LogP contribution is -2.46. The van der Waals surface area contributed by atoms with Crippen LogP contribution >= 0.6 is 11.3 Å². The van der Waals surface area contributed by atoms with Gasteiger partial charge in [0.15, 0.2) is 5.78 Å². The first-order valence-corrected chi connectivity index (χ1v) is 12.7. The number of aromatic nitrogens is 1. The number of rotatable bonds is 2. The molecule has 1 aliphatic heterocycles. The molecule has 2 heterocycles. The first kappa shape index (κ1) is 28.8. The molecule has 0 aromatic carbocycles. The van der Waals surface area contributed by atoms with Gasteiger partial charge in [-0.1, -0.05) is 45.4 Å². The van der Waals surface area contributed by atoms with Crippen molar-refractivity contribution in [2.75, 3.05) is 0 Å². The number of cyclic esters (lactones) is 1. The Morgan fingerprint density at radius 1 is 1.14 bits per heavy atom. The fourth-order valence-electron chi connectivity index (χ4n) is 3.95. The van der Waals surface area contributed by atoms with Crippen molar-refractivity contribution in [1.82, 2.24) is 4.98 Å². The third kappa shape index (κ3) is 7.53. The number of hydrogen-bond acceptors (Lipinski definition) is 8. The lowest BCUT2D eigenvalue weighted by molar-refractivity contribution is -0.154. The molecule has 8 heteroatoms. The molecular formula is C27H37NO6S. The van der Waals surface area contributed by atoms with Crippen molar-refractivity contribution in [2.24, 2.45) is 17.3 Å². The average Bonchev–Trinajstić information content (AvgIpc) is 3.21. The molecule has 0 amide bonds. The van der Waals surface area contributed by atoms with Crippen LogP contribution in [0.15, 0.2) is 34.8 Å². The fourth-order valence-corrected chi connectivity index (χ4v) is 4.52. The van der Waals surface area contributed by atoms with Crippen LogP contribution in [-0.2, 0) is 19.1 Å². The quantitative estimate of drug-likeness (QED) is 0.581. The van der Waals surface area contributed by atoms with Crippen LogP contribution in [0.1, 0.15) is 65.1 Å². The average molecular weight is 504 g/mol. The number of hydrogen-bond donors (Lipinski definition) is 2. The van der Waals surface area contributed by atoms with Crippen molar-refractivity contribution in [1.29, 1.82) is 0 Å². The fraction of sp³-hybridized carbons (Fsp3) is 0.556. The minimum atomic E-state index is -1.33. The van der Waals surface area contributed by atoms with Gasteiger partial charge in [-0.2, -0.15) is 0 Å². The number of thiazole rings is 1. The van der Waals surface area contributed by atoms with E-state index >= 15 is 0 Å². The summed E-state index contributed by atoms with van der Waals surface area (Å²) in [5, 5.41) is 24.3. The lowest BCUT2D eigenvalue weighted by atomic mass is 9.73. The van der Waals surface area contributed by atoms with E-state index in [1.807, 2.05) is 38.3 Å². The van der Waals surface area contributed by atoms with Gasteiger partial charge in [-0.05, 0) is 38.5 Å². The van der Waals surface area contributed by atoms with Gasteiger partial charge in [-0.3, -0.25) is 14.4 Å². The summed E-state index contributed by atoms with van der Waals surface area (Å²) in [4.78, 5) is 43.0. The number of ketones is 2. The van der Waals surface area contributed by atoms with Gasteiger partial charge < -0.3 is 14.9 Å². The molecule has 0 saturated heterocycles. The van der Waals surface area contributed by atoms with Gasteiger partial charge in [0.2, 0.25) is 0 Å². The van der Waals surface area contributed by atoms with E-state index in [-0.39, 0.29) is 12.2 Å². The predicted octanol–water partition coefficient (Wildman–Crippen LogP) is 4.22. The van der Waals surface area contributed by atoms with Crippen LogP contribution in [0.5, 0.6) is 0 Å². The molecule has 1 aliphatic rings. The largest absolute Gasteiger partial charge is 0.457 e. The summed E-state index contributed by atoms with van der Waals surface area (Å²) >= 11 is 1.52. The molecule has 0 spiro atoms. The molecule has 0 bridgehead atoms. The van der Waals surface area contributed by atoms with Crippen molar-refractivity contribution >= 4 is 34.9 Å². The number of esters is 1. The smallest absolute Gasteiger partial charge is 0.309 e. The molecule has 5 atom stereocenters. The van der Waals surface area contributed by atoms with Crippen LogP contribution in [0.4, 0.5) is 0 Å². The Morgan fingerprint density at radius 3 is 2.40 bits per heavy atom. The summed E-state index contributed by atoms with van der Waals surface area (Å²) < 4.78 is 5.74. The highest BCUT2D eigenvalue weighted by Gasteiger charge is 2.43. The summed E-state index contributed by atoms with van der Waals surface area (Å²) in [5.74, 6) is -3.07. The molecule has 0 unspecified atom stereocenters. The van der Waals surface area contributed by atoms with Crippen LogP contribution in [0, 0.1) is 24.2 Å². The minimum absolute atomic E-state index is 0.298. The Balaban J connectivity index is 2.43. The number of aliphatic hydroxyl groups excluding tert-OH is 2. The molecule has 1 aromatic heterocycles. The van der Waals surface area contributed by atoms with E-state index in [1.165, 1.54) is 38.2 Å². The molecule has 2 N–H and O–H groups in total. The van der Waals surface area contributed by atoms with Gasteiger partial charge in [-0.15, -0.1) is 11.3 Å². The van der Waals surface area contributed by atoms with Crippen LogP contribution < -0.4 is 0 Å². The molecule has 35 heavy (non-hydrogen) atoms. The third-order valence-electron chi connectivity index (χ3n) is 6.67. The lowest BCUT2D eigenvalue weighted by Gasteiger charge is -2.34. The van der Waals surface area contributed by atoms with E-state index in [0.29, 0.717) is 6.42 Å². The second-order valence-electron chi connectivity index (χ2n) is 9.95. The van der Waals surface area contributed by atoms with E-state index in [9.17, 15) is 24.6 Å². The Hall–Kier alpha value is -2.42. The molecule has 0 saturated carbocycles. The van der Waals surface area contributed by atoms with Crippen molar-refractivity contribution in [3.63, 3.8) is 0 Å². The molecular weight excluding hydrogens is 466 g/mol. The Bertz CT molecular complexity index is 1030. The second kappa shape index (κ2) is 12.0. The highest BCUT2D eigenvalue weighted by molar-refractivity contribution is 7.09. The number of carbonyl (C=O) groups excluding carboxylic acids is 3. The summed E-state index contributed by atoms with van der Waals surface area (Å²) in [6.07, 6.45) is 3.60. The predicted molar refractivity (Wildman–Crippen MR) is 137 cm³/mol. The normalized spacial score (nSPS) is 32.0. The summed E-state index contributed by atoms with van der Waals surface area (Å²) in [7, 11) is 0. The number of nitrogens with zero attached hydrogens (tertiary/aromatic N) is 1. The maximum absolute atomic E-state index is 13.1. The molecule has 0 radical (unpaired) electrons. The molecule has 7 nitrogen and oxygen atoms in total. The SMILES string of the molecule is CC1=C/C[C@@H](/C(C)=C/c2csc(C)n2)OC(=O)C[C@H](O)C(C)(C)C(=O)[C@H](C)[C@@H](O)[C@@H](C)C(=O)\C=C\1. The molecule has 0 fully saturated rings. The maximum Gasteiger partial charge on any atom is 0.309 e. The van der Waals surface area contributed by atoms with Crippen LogP contribution in [0.2, 0.25) is 0 Å². The second-order valence-corrected chi connectivity index (χ2v) is 11.0. The van der Waals surface area contributed by atoms with Gasteiger partial charge in [-0.25, -0.2) is 4.98 Å². The number of allylic oxidation sites excluding steroid dienone is 3. The molecule has 2 rings (SSSR count). The maximum atomic E-state index is 13.1. The van der Waals surface area contributed by atoms with E-state index in [2.05, 4.69) is 4.98 Å². The van der Waals surface area contributed by atoms with Gasteiger partial charge in [0.05, 0.1) is 34.7 Å². The van der Waals surface area contributed by atoms with Gasteiger partial charge in [0.1, 0.15) is 11.9 Å². The van der Waals surface area contributed by atoms with E-state index < -0.39 is 47.3 Å². The van der Waals surface area contributed by atoms with Crippen molar-refractivity contribution in [3.8, 4) is 0 Å². The standard InChI is InChI=1S/C27H37NO6S/c1-15-8-10-21(29)17(3)25(32)18(4)26(33)27(6,7)23(30)13-24(31)34-22(11-9-15)16(2)12-20-14-35-19(5)28-20/h8-10,12,14,17-18,22-23,25,30,32H,11,13H2,1-7H3/b10-8+,15-9-,16-12+/t17-,18+,22-,23-,25-/m0/s1. The number of Topliss-reactive ketones (excluding diaryl/α,β-unsaturated/α-hetero) is 1. The van der Waals surface area contributed by atoms with Crippen molar-refractivity contribution < 1.29 is 29.3 Å². The number of aliphatic hydroxyl groups is 2. The minimum Gasteiger partial charge on any atom is -0.457 e. The zero-order valence-corrected chi connectivity index (χ0v) is 22.4. The Kier molecular flexibility index (Phi) is 9.89. The first-order chi connectivity index (χ1) is 16.2. The van der Waals surface area contributed by atoms with Gasteiger partial charge >= 0.3 is 5.97 Å². The summed E-state index contributed by atoms with van der Waals surface area (Å²) in [6.45, 7) is 11.8. The first-order valence-electron chi connectivity index (χ1n) is 11.8. The summed E-state index contributed by atoms with van der Waals surface area (Å²) in [6, 6.07) is 0. The topological polar surface area (TPSA) is 114 Å². The Labute approximate surface area is 211 Å². The molecule has 192 valence electrons. The van der Waals surface area contributed by atoms with Crippen molar-refractivity contribution in [2.45, 2.75) is 79.6 Å². The zero-order chi connectivity index (χ0) is 26.5. The highest BCUT2D eigenvalue weighted by atomic mass is 32.1. The van der Waals surface area contributed by atoms with Crippen LogP contribution in [0.25, 0.3) is 6.08 Å². The van der Waals surface area contributed by atoms with E-state index in [0.717, 1.165) is 21.8 Å². The van der Waals surface area contributed by atoms with Gasteiger partial charge in [0.25, 0.3) is 0 Å². The highest BCUT2D eigenvalue weighted by Crippen LogP contribution is 2.31. The third-order valence-corrected chi connectivity index (χ3v) is 7.47. The number of carbonyl (C=O) groups is 3. The molecule has 0 aliphatic carbocycles.